The molecule has 0 radical (unpaired) electrons. The average Bonchev–Trinajstić information content (AvgIpc) is 3.09. The maximum Gasteiger partial charge on any atom is 0.191 e. The molecule has 1 saturated heterocycles. The normalized spacial score (nSPS) is 25.1. The van der Waals surface area contributed by atoms with Crippen LogP contribution in [0.1, 0.15) is 50.2 Å². The van der Waals surface area contributed by atoms with Crippen molar-refractivity contribution in [3.8, 4) is 0 Å². The van der Waals surface area contributed by atoms with E-state index in [-0.39, 0.29) is 30.1 Å². The summed E-state index contributed by atoms with van der Waals surface area (Å²) in [6.07, 6.45) is 7.88. The van der Waals surface area contributed by atoms with Gasteiger partial charge in [-0.05, 0) is 24.8 Å². The third kappa shape index (κ3) is 5.34. The molecule has 4 nitrogen and oxygen atoms in total. The van der Waals surface area contributed by atoms with E-state index in [9.17, 15) is 0 Å². The average molecular weight is 443 g/mol. The summed E-state index contributed by atoms with van der Waals surface area (Å²) in [4.78, 5) is 4.39. The van der Waals surface area contributed by atoms with Crippen LogP contribution < -0.4 is 10.6 Å². The van der Waals surface area contributed by atoms with Crippen molar-refractivity contribution in [3.05, 3.63) is 35.9 Å². The highest BCUT2D eigenvalue weighted by molar-refractivity contribution is 14.0. The van der Waals surface area contributed by atoms with Crippen molar-refractivity contribution in [1.29, 1.82) is 0 Å². The van der Waals surface area contributed by atoms with Crippen LogP contribution in [-0.4, -0.2) is 32.2 Å². The van der Waals surface area contributed by atoms with Gasteiger partial charge in [-0.25, -0.2) is 0 Å². The first-order chi connectivity index (χ1) is 11.4. The van der Waals surface area contributed by atoms with E-state index in [4.69, 9.17) is 4.74 Å². The lowest BCUT2D eigenvalue weighted by atomic mass is 9.95. The largest absolute Gasteiger partial charge is 0.373 e. The van der Waals surface area contributed by atoms with Crippen molar-refractivity contribution in [2.45, 2.75) is 50.7 Å². The van der Waals surface area contributed by atoms with Gasteiger partial charge in [0.1, 0.15) is 0 Å². The number of nitrogens with zero attached hydrogens (tertiary/aromatic N) is 1. The first-order valence-electron chi connectivity index (χ1n) is 9.00. The summed E-state index contributed by atoms with van der Waals surface area (Å²) < 4.78 is 5.97. The highest BCUT2D eigenvalue weighted by Crippen LogP contribution is 2.33. The summed E-state index contributed by atoms with van der Waals surface area (Å²) in [6, 6.07) is 11.1. The predicted molar refractivity (Wildman–Crippen MR) is 110 cm³/mol. The first kappa shape index (κ1) is 19.5. The first-order valence-corrected chi connectivity index (χ1v) is 9.00. The lowest BCUT2D eigenvalue weighted by Gasteiger charge is -2.26. The number of hydrogen-bond donors (Lipinski definition) is 2. The molecule has 3 rings (SSSR count). The molecule has 2 N–H and O–H groups in total. The molecule has 1 heterocycles. The third-order valence-electron chi connectivity index (χ3n) is 5.04. The zero-order chi connectivity index (χ0) is 15.9. The molecule has 2 aliphatic rings. The van der Waals surface area contributed by atoms with Gasteiger partial charge >= 0.3 is 0 Å². The van der Waals surface area contributed by atoms with Gasteiger partial charge in [0, 0.05) is 32.2 Å². The van der Waals surface area contributed by atoms with Gasteiger partial charge in [-0.15, -0.1) is 24.0 Å². The minimum atomic E-state index is 0. The Labute approximate surface area is 162 Å². The van der Waals surface area contributed by atoms with Crippen molar-refractivity contribution in [2.24, 2.45) is 10.9 Å². The number of nitrogens with one attached hydrogen (secondary N) is 2. The van der Waals surface area contributed by atoms with Crippen molar-refractivity contribution in [2.75, 3.05) is 20.2 Å². The third-order valence-corrected chi connectivity index (χ3v) is 5.04. The topological polar surface area (TPSA) is 45.7 Å². The zero-order valence-electron chi connectivity index (χ0n) is 14.5. The minimum absolute atomic E-state index is 0. The minimum Gasteiger partial charge on any atom is -0.373 e. The predicted octanol–water partition coefficient (Wildman–Crippen LogP) is 3.88. The molecule has 0 amide bonds. The molecule has 1 aromatic carbocycles. The van der Waals surface area contributed by atoms with Crippen LogP contribution in [0.4, 0.5) is 0 Å². The van der Waals surface area contributed by atoms with E-state index in [1.165, 1.54) is 37.7 Å². The standard InChI is InChI=1S/C19H29N3O.HI/c1-20-19(22-17-10-6-3-7-11-17)21-14-16-12-13-23-18(16)15-8-4-2-5-9-15;/h2,4-5,8-9,16-18H,3,6-7,10-14H2,1H3,(H2,20,21,22);1H. The fourth-order valence-electron chi connectivity index (χ4n) is 3.72. The van der Waals surface area contributed by atoms with Gasteiger partial charge in [-0.1, -0.05) is 49.6 Å². The Morgan fingerprint density at radius 2 is 1.88 bits per heavy atom. The number of hydrogen-bond acceptors (Lipinski definition) is 2. The van der Waals surface area contributed by atoms with Crippen LogP contribution in [0.15, 0.2) is 35.3 Å². The Bertz CT molecular complexity index is 503. The molecule has 2 atom stereocenters. The maximum atomic E-state index is 5.97. The Hall–Kier alpha value is -0.820. The van der Waals surface area contributed by atoms with Crippen LogP contribution >= 0.6 is 24.0 Å². The van der Waals surface area contributed by atoms with Crippen LogP contribution in [-0.2, 0) is 4.74 Å². The number of halogens is 1. The van der Waals surface area contributed by atoms with Crippen LogP contribution in [0.25, 0.3) is 0 Å². The molecule has 2 fully saturated rings. The summed E-state index contributed by atoms with van der Waals surface area (Å²) in [5, 5.41) is 7.10. The van der Waals surface area contributed by atoms with Crippen LogP contribution in [0.2, 0.25) is 0 Å². The van der Waals surface area contributed by atoms with Crippen LogP contribution in [0.3, 0.4) is 0 Å². The van der Waals surface area contributed by atoms with Crippen molar-refractivity contribution < 1.29 is 4.74 Å². The quantitative estimate of drug-likeness (QED) is 0.422. The number of rotatable bonds is 4. The number of guanidine groups is 1. The molecule has 0 bridgehead atoms. The summed E-state index contributed by atoms with van der Waals surface area (Å²) >= 11 is 0. The fraction of sp³-hybridized carbons (Fsp3) is 0.632. The fourth-order valence-corrected chi connectivity index (χ4v) is 3.72. The number of benzene rings is 1. The SMILES string of the molecule is CN=C(NCC1CCOC1c1ccccc1)NC1CCCCC1.I. The van der Waals surface area contributed by atoms with E-state index in [1.807, 2.05) is 7.05 Å². The van der Waals surface area contributed by atoms with E-state index < -0.39 is 0 Å². The van der Waals surface area contributed by atoms with Crippen molar-refractivity contribution in [1.82, 2.24) is 10.6 Å². The summed E-state index contributed by atoms with van der Waals surface area (Å²) in [5.74, 6) is 1.44. The van der Waals surface area contributed by atoms with Crippen molar-refractivity contribution >= 4 is 29.9 Å². The Kier molecular flexibility index (Phi) is 8.32. The van der Waals surface area contributed by atoms with Gasteiger partial charge in [0.05, 0.1) is 6.10 Å². The number of ether oxygens (including phenoxy) is 1. The smallest absolute Gasteiger partial charge is 0.191 e. The van der Waals surface area contributed by atoms with E-state index >= 15 is 0 Å². The van der Waals surface area contributed by atoms with Gasteiger partial charge in [0.15, 0.2) is 5.96 Å². The highest BCUT2D eigenvalue weighted by Gasteiger charge is 2.29. The summed E-state index contributed by atoms with van der Waals surface area (Å²) in [7, 11) is 1.86. The zero-order valence-corrected chi connectivity index (χ0v) is 16.9. The molecule has 1 saturated carbocycles. The second-order valence-corrected chi connectivity index (χ2v) is 6.68. The van der Waals surface area contributed by atoms with E-state index in [2.05, 4.69) is 46.0 Å². The molecule has 134 valence electrons. The molecular formula is C19H30IN3O. The molecule has 0 aromatic heterocycles. The van der Waals surface area contributed by atoms with E-state index in [0.29, 0.717) is 12.0 Å². The molecule has 1 aromatic rings. The monoisotopic (exact) mass is 443 g/mol. The Morgan fingerprint density at radius 3 is 2.58 bits per heavy atom. The van der Waals surface area contributed by atoms with Gasteiger partial charge in [0.25, 0.3) is 0 Å². The lowest BCUT2D eigenvalue weighted by Crippen LogP contribution is -2.45. The lowest BCUT2D eigenvalue weighted by molar-refractivity contribution is 0.0915. The molecule has 1 aliphatic carbocycles. The molecule has 24 heavy (non-hydrogen) atoms. The Balaban J connectivity index is 0.00000208. The second-order valence-electron chi connectivity index (χ2n) is 6.68. The Morgan fingerprint density at radius 1 is 1.12 bits per heavy atom. The molecule has 1 aliphatic heterocycles. The summed E-state index contributed by atoms with van der Waals surface area (Å²) in [5.41, 5.74) is 1.28. The highest BCUT2D eigenvalue weighted by atomic mass is 127. The number of aliphatic imine (C=N–C) groups is 1. The van der Waals surface area contributed by atoms with E-state index in [1.54, 1.807) is 0 Å². The molecule has 0 spiro atoms. The molecule has 5 heteroatoms. The summed E-state index contributed by atoms with van der Waals surface area (Å²) in [6.45, 7) is 1.76. The van der Waals surface area contributed by atoms with Gasteiger partial charge in [-0.3, -0.25) is 4.99 Å². The van der Waals surface area contributed by atoms with Crippen LogP contribution in [0, 0.1) is 5.92 Å². The van der Waals surface area contributed by atoms with Gasteiger partial charge in [-0.2, -0.15) is 0 Å². The van der Waals surface area contributed by atoms with Crippen molar-refractivity contribution in [3.63, 3.8) is 0 Å². The van der Waals surface area contributed by atoms with E-state index in [0.717, 1.165) is 25.5 Å². The maximum absolute atomic E-state index is 5.97. The van der Waals surface area contributed by atoms with Gasteiger partial charge < -0.3 is 15.4 Å². The van der Waals surface area contributed by atoms with Crippen LogP contribution in [0.5, 0.6) is 0 Å². The van der Waals surface area contributed by atoms with Gasteiger partial charge in [0.2, 0.25) is 0 Å². The second kappa shape index (κ2) is 10.2. The molecular weight excluding hydrogens is 413 g/mol. The molecule has 2 unspecified atom stereocenters.